The number of nitrogens with one attached hydrogen (secondary N) is 1. The van der Waals surface area contributed by atoms with Gasteiger partial charge >= 0.3 is 5.97 Å². The predicted octanol–water partition coefficient (Wildman–Crippen LogP) is 8.14. The van der Waals surface area contributed by atoms with E-state index >= 15 is 0 Å². The zero-order chi connectivity index (χ0) is 39.3. The highest BCUT2D eigenvalue weighted by Gasteiger charge is 2.40. The smallest absolute Gasteiger partial charge is 0.310 e. The number of pyridine rings is 2. The number of hydrogen-bond acceptors (Lipinski definition) is 10. The van der Waals surface area contributed by atoms with E-state index in [1.807, 2.05) is 62.4 Å². The maximum absolute atomic E-state index is 14.1. The molecule has 0 unspecified atom stereocenters. The van der Waals surface area contributed by atoms with Crippen molar-refractivity contribution < 1.29 is 28.2 Å². The van der Waals surface area contributed by atoms with Crippen LogP contribution >= 0.6 is 0 Å². The summed E-state index contributed by atoms with van der Waals surface area (Å²) in [5.74, 6) is -0.213. The first kappa shape index (κ1) is 37.1. The largest absolute Gasteiger partial charge is 0.481 e. The van der Waals surface area contributed by atoms with Gasteiger partial charge in [-0.05, 0) is 110 Å². The van der Waals surface area contributed by atoms with Gasteiger partial charge in [0.15, 0.2) is 11.4 Å². The van der Waals surface area contributed by atoms with E-state index in [9.17, 15) is 29.1 Å². The number of oxazole rings is 1. The number of nitrogens with zero attached hydrogens (tertiary/aromatic N) is 6. The molecule has 0 spiro atoms. The van der Waals surface area contributed by atoms with E-state index in [0.29, 0.717) is 84.7 Å². The van der Waals surface area contributed by atoms with Crippen molar-refractivity contribution in [3.05, 3.63) is 100 Å². The first-order chi connectivity index (χ1) is 26.9. The maximum atomic E-state index is 14.1. The molecule has 56 heavy (non-hydrogen) atoms. The van der Waals surface area contributed by atoms with E-state index in [4.69, 9.17) is 9.40 Å². The highest BCUT2D eigenvalue weighted by Crippen LogP contribution is 2.39. The van der Waals surface area contributed by atoms with Gasteiger partial charge in [0.2, 0.25) is 5.89 Å². The summed E-state index contributed by atoms with van der Waals surface area (Å²) in [6.07, 6.45) is -0.146. The average molecular weight is 758 g/mol. The van der Waals surface area contributed by atoms with Gasteiger partial charge in [0.05, 0.1) is 17.1 Å². The van der Waals surface area contributed by atoms with Gasteiger partial charge in [-0.3, -0.25) is 19.6 Å². The minimum absolute atomic E-state index is 0.228. The van der Waals surface area contributed by atoms with Crippen LogP contribution in [0.3, 0.4) is 0 Å². The van der Waals surface area contributed by atoms with Crippen molar-refractivity contribution in [3.8, 4) is 28.7 Å². The van der Waals surface area contributed by atoms with Crippen LogP contribution < -0.4 is 5.32 Å². The van der Waals surface area contributed by atoms with Crippen molar-refractivity contribution in [3.63, 3.8) is 0 Å². The lowest BCUT2D eigenvalue weighted by Crippen LogP contribution is -2.31. The Balaban J connectivity index is 1.09. The quantitative estimate of drug-likeness (QED) is 0.124. The number of halogens is 2. The van der Waals surface area contributed by atoms with Gasteiger partial charge < -0.3 is 19.9 Å². The number of carboxylic acids is 1. The molecule has 0 saturated carbocycles. The minimum Gasteiger partial charge on any atom is -0.481 e. The van der Waals surface area contributed by atoms with Gasteiger partial charge in [0.1, 0.15) is 22.8 Å². The molecule has 0 bridgehead atoms. The third-order valence-electron chi connectivity index (χ3n) is 11.2. The number of aromatic nitrogens is 3. The Bertz CT molecular complexity index is 2550. The summed E-state index contributed by atoms with van der Waals surface area (Å²) >= 11 is 0. The van der Waals surface area contributed by atoms with Gasteiger partial charge in [-0.25, -0.2) is 18.7 Å². The molecule has 0 aliphatic carbocycles. The molecular weight excluding hydrogens is 717 g/mol. The van der Waals surface area contributed by atoms with Crippen LogP contribution in [0.5, 0.6) is 0 Å². The number of aliphatic hydroxyl groups is 1. The molecule has 0 radical (unpaired) electrons. The summed E-state index contributed by atoms with van der Waals surface area (Å²) in [4.78, 5) is 29.8. The van der Waals surface area contributed by atoms with Gasteiger partial charge in [-0.2, -0.15) is 5.26 Å². The molecule has 2 fully saturated rings. The Morgan fingerprint density at radius 2 is 1.77 bits per heavy atom. The van der Waals surface area contributed by atoms with Crippen LogP contribution in [0.15, 0.2) is 71.3 Å². The van der Waals surface area contributed by atoms with Crippen LogP contribution in [-0.4, -0.2) is 73.2 Å². The molecule has 3 aromatic heterocycles. The molecule has 2 aliphatic heterocycles. The Labute approximate surface area is 322 Å². The number of nitriles is 1. The topological polar surface area (TPSA) is 152 Å². The number of carboxylic acid groups (broad SMARTS) is 1. The zero-order valence-electron chi connectivity index (χ0n) is 31.3. The van der Waals surface area contributed by atoms with Crippen molar-refractivity contribution in [2.45, 2.75) is 59.2 Å². The normalized spacial score (nSPS) is 19.0. The second kappa shape index (κ2) is 14.7. The average Bonchev–Trinajstić information content (AvgIpc) is 3.90. The standard InChI is InChI=1S/C43H41F2N7O4/c1-24-31(6-4-8-33(24)41-50-35-16-26(14-29(18-46)38(35)56-41)20-52-13-11-43(3,23-52)42(54)55)32-7-5-9-34(25(32)2)48-40-37-28(17-36(49-40)39(44)45)15-27(19-47-37)21-51-12-10-30(53)22-51/h4-9,14-17,19,30,39,53H,10-13,20-23H2,1-3H3,(H,48,49)(H,54,55)/t30-,43-/m1/s1. The predicted molar refractivity (Wildman–Crippen MR) is 208 cm³/mol. The lowest BCUT2D eigenvalue weighted by Gasteiger charge is -2.20. The molecule has 286 valence electrons. The minimum atomic E-state index is -2.78. The van der Waals surface area contributed by atoms with Gasteiger partial charge in [0, 0.05) is 55.6 Å². The lowest BCUT2D eigenvalue weighted by molar-refractivity contribution is -0.147. The van der Waals surface area contributed by atoms with Gasteiger partial charge in [-0.15, -0.1) is 0 Å². The van der Waals surface area contributed by atoms with Crippen LogP contribution in [0.4, 0.5) is 20.3 Å². The van der Waals surface area contributed by atoms with E-state index in [1.165, 1.54) is 6.07 Å². The number of hydrogen-bond donors (Lipinski definition) is 3. The molecule has 0 amide bonds. The lowest BCUT2D eigenvalue weighted by atomic mass is 9.90. The molecule has 2 saturated heterocycles. The van der Waals surface area contributed by atoms with Crippen molar-refractivity contribution in [2.24, 2.45) is 5.41 Å². The van der Waals surface area contributed by atoms with Gasteiger partial charge in [0.25, 0.3) is 6.43 Å². The van der Waals surface area contributed by atoms with Crippen molar-refractivity contribution in [1.29, 1.82) is 5.26 Å². The van der Waals surface area contributed by atoms with E-state index < -0.39 is 17.8 Å². The van der Waals surface area contributed by atoms with Crippen molar-refractivity contribution >= 4 is 39.5 Å². The van der Waals surface area contributed by atoms with Crippen LogP contribution in [0, 0.1) is 30.6 Å². The van der Waals surface area contributed by atoms with Gasteiger partial charge in [-0.1, -0.05) is 24.3 Å². The van der Waals surface area contributed by atoms with Crippen molar-refractivity contribution in [2.75, 3.05) is 31.5 Å². The summed E-state index contributed by atoms with van der Waals surface area (Å²) in [5, 5.41) is 33.5. The molecule has 2 aliphatic rings. The number of aliphatic hydroxyl groups excluding tert-OH is 1. The van der Waals surface area contributed by atoms with E-state index in [-0.39, 0.29) is 17.6 Å². The Morgan fingerprint density at radius 3 is 2.48 bits per heavy atom. The fraction of sp³-hybridized carbons (Fsp3) is 0.326. The molecule has 6 aromatic rings. The molecule has 13 heteroatoms. The maximum Gasteiger partial charge on any atom is 0.310 e. The Morgan fingerprint density at radius 1 is 1.02 bits per heavy atom. The van der Waals surface area contributed by atoms with Crippen LogP contribution in [0.1, 0.15) is 59.7 Å². The molecule has 5 heterocycles. The highest BCUT2D eigenvalue weighted by molar-refractivity contribution is 5.92. The first-order valence-electron chi connectivity index (χ1n) is 18.6. The summed E-state index contributed by atoms with van der Waals surface area (Å²) in [6, 6.07) is 20.8. The summed E-state index contributed by atoms with van der Waals surface area (Å²) in [5.41, 5.74) is 7.33. The third-order valence-corrected chi connectivity index (χ3v) is 11.2. The number of benzene rings is 3. The van der Waals surface area contributed by atoms with Crippen LogP contribution in [-0.2, 0) is 17.9 Å². The second-order valence-corrected chi connectivity index (χ2v) is 15.3. The Kier molecular flexibility index (Phi) is 9.74. The summed E-state index contributed by atoms with van der Waals surface area (Å²) in [7, 11) is 0. The molecular formula is C43H41F2N7O4. The SMILES string of the molecule is Cc1c(Nc2nc(C(F)F)cc3cc(CN4CC[C@@H](O)C4)cnc23)cccc1-c1cccc(-c2nc3cc(CN4CC[C@@](C)(C(=O)O)C4)cc(C#N)c3o2)c1C. The number of likely N-dealkylation sites (tertiary alicyclic amines) is 2. The molecule has 3 N–H and O–H groups in total. The fourth-order valence-corrected chi connectivity index (χ4v) is 8.06. The number of β-amino-alcohol motifs (C(OH)–C–C–N with tert-alkyl or cyclic N) is 1. The number of anilines is 2. The fourth-order valence-electron chi connectivity index (χ4n) is 8.06. The van der Waals surface area contributed by atoms with E-state index in [2.05, 4.69) is 31.2 Å². The van der Waals surface area contributed by atoms with E-state index in [0.717, 1.165) is 45.5 Å². The van der Waals surface area contributed by atoms with E-state index in [1.54, 1.807) is 19.2 Å². The van der Waals surface area contributed by atoms with Crippen LogP contribution in [0.2, 0.25) is 0 Å². The number of carbonyl (C=O) groups is 1. The Hall–Kier alpha value is -5.81. The number of aliphatic carboxylic acids is 1. The monoisotopic (exact) mass is 757 g/mol. The second-order valence-electron chi connectivity index (χ2n) is 15.3. The number of rotatable bonds is 10. The molecule has 11 nitrogen and oxygen atoms in total. The molecule has 2 atom stereocenters. The number of alkyl halides is 2. The number of fused-ring (bicyclic) bond motifs is 2. The molecule has 8 rings (SSSR count). The van der Waals surface area contributed by atoms with Crippen molar-refractivity contribution in [1.82, 2.24) is 24.8 Å². The molecule has 3 aromatic carbocycles. The summed E-state index contributed by atoms with van der Waals surface area (Å²) < 4.78 is 34.5. The zero-order valence-corrected chi connectivity index (χ0v) is 31.3. The first-order valence-corrected chi connectivity index (χ1v) is 18.6. The summed E-state index contributed by atoms with van der Waals surface area (Å²) in [6.45, 7) is 9.15. The highest BCUT2D eigenvalue weighted by atomic mass is 19.3. The van der Waals surface area contributed by atoms with Crippen LogP contribution in [0.25, 0.3) is 44.6 Å². The third kappa shape index (κ3) is 7.07.